The van der Waals surface area contributed by atoms with Gasteiger partial charge in [-0.25, -0.2) is 0 Å². The number of aliphatic hydroxyl groups excluding tert-OH is 1. The molecule has 3 aliphatic rings. The Labute approximate surface area is 233 Å². The summed E-state index contributed by atoms with van der Waals surface area (Å²) in [7, 11) is 0. The van der Waals surface area contributed by atoms with Gasteiger partial charge >= 0.3 is 5.97 Å². The average molecular weight is 549 g/mol. The molecule has 0 aromatic rings. The first kappa shape index (κ1) is 30.7. The van der Waals surface area contributed by atoms with E-state index in [4.69, 9.17) is 4.74 Å². The summed E-state index contributed by atoms with van der Waals surface area (Å²) in [4.78, 5) is 45.9. The second-order valence-electron chi connectivity index (χ2n) is 13.1. The Morgan fingerprint density at radius 1 is 1.26 bits per heavy atom. The summed E-state index contributed by atoms with van der Waals surface area (Å²) < 4.78 is 4.85. The van der Waals surface area contributed by atoms with Crippen molar-refractivity contribution in [2.75, 3.05) is 19.8 Å². The van der Waals surface area contributed by atoms with Gasteiger partial charge in [-0.2, -0.15) is 0 Å². The number of esters is 1. The van der Waals surface area contributed by atoms with E-state index < -0.39 is 34.2 Å². The van der Waals surface area contributed by atoms with E-state index in [9.17, 15) is 19.5 Å². The maximum absolute atomic E-state index is 14.8. The van der Waals surface area contributed by atoms with Crippen molar-refractivity contribution in [3.05, 3.63) is 25.3 Å². The Morgan fingerprint density at radius 2 is 1.92 bits per heavy atom. The van der Waals surface area contributed by atoms with Crippen molar-refractivity contribution >= 4 is 29.5 Å². The van der Waals surface area contributed by atoms with Crippen LogP contribution in [0.1, 0.15) is 74.1 Å². The minimum absolute atomic E-state index is 0.0274. The largest absolute Gasteiger partial charge is 0.465 e. The zero-order valence-electron chi connectivity index (χ0n) is 24.4. The Hall–Kier alpha value is -1.80. The lowest BCUT2D eigenvalue weighted by Gasteiger charge is -2.47. The van der Waals surface area contributed by atoms with E-state index in [2.05, 4.69) is 54.7 Å². The van der Waals surface area contributed by atoms with Gasteiger partial charge in [-0.3, -0.25) is 14.4 Å². The molecule has 38 heavy (non-hydrogen) atoms. The summed E-state index contributed by atoms with van der Waals surface area (Å²) in [5.41, 5.74) is -0.526. The van der Waals surface area contributed by atoms with Crippen LogP contribution in [0.15, 0.2) is 25.3 Å². The van der Waals surface area contributed by atoms with Gasteiger partial charge in [0.15, 0.2) is 0 Å². The minimum Gasteiger partial charge on any atom is -0.465 e. The predicted octanol–water partition coefficient (Wildman–Crippen LogP) is 4.44. The molecule has 1 N–H and O–H groups in total. The van der Waals surface area contributed by atoms with Crippen LogP contribution >= 0.6 is 11.8 Å². The molecule has 7 atom stereocenters. The van der Waals surface area contributed by atoms with Gasteiger partial charge < -0.3 is 19.6 Å². The smallest absolute Gasteiger partial charge is 0.310 e. The maximum Gasteiger partial charge on any atom is 0.310 e. The number of aliphatic hydroxyl groups is 1. The van der Waals surface area contributed by atoms with Crippen LogP contribution in [-0.4, -0.2) is 80.1 Å². The summed E-state index contributed by atoms with van der Waals surface area (Å²) in [5, 5.41) is 10.3. The van der Waals surface area contributed by atoms with Crippen LogP contribution in [0.4, 0.5) is 0 Å². The fraction of sp³-hybridized carbons (Fsp3) is 0.767. The standard InChI is InChI=1S/C30H48N2O5S/c1-10-13-15-37-27(36)22-21-16-19(4)30(38-21)23(22)25(34)32(20(12-3)17-33)24(30)26(35)31(14-11-2)29(8,9)18-28(5,6)7/h10-11,19-24,33H,1-2,12-18H2,3-9H3/t19?,20-,21-,22+,23-,24?,30?/m0/s1. The highest BCUT2D eigenvalue weighted by atomic mass is 32.2. The number of ether oxygens (including phenoxy) is 1. The Morgan fingerprint density at radius 3 is 2.45 bits per heavy atom. The number of carbonyl (C=O) groups excluding carboxylic acids is 3. The van der Waals surface area contributed by atoms with Gasteiger partial charge in [-0.05, 0) is 50.9 Å². The molecule has 3 heterocycles. The molecule has 214 valence electrons. The van der Waals surface area contributed by atoms with Gasteiger partial charge in [0.1, 0.15) is 6.04 Å². The van der Waals surface area contributed by atoms with E-state index in [1.807, 2.05) is 11.8 Å². The van der Waals surface area contributed by atoms with Crippen molar-refractivity contribution in [1.82, 2.24) is 9.80 Å². The number of hydrogen-bond donors (Lipinski definition) is 1. The molecule has 7 nitrogen and oxygen atoms in total. The van der Waals surface area contributed by atoms with E-state index in [-0.39, 0.29) is 47.6 Å². The fourth-order valence-corrected chi connectivity index (χ4v) is 9.85. The van der Waals surface area contributed by atoms with E-state index in [0.717, 1.165) is 12.8 Å². The van der Waals surface area contributed by atoms with Crippen molar-refractivity contribution in [1.29, 1.82) is 0 Å². The van der Waals surface area contributed by atoms with Crippen LogP contribution in [-0.2, 0) is 19.1 Å². The minimum atomic E-state index is -0.771. The van der Waals surface area contributed by atoms with Gasteiger partial charge in [0.05, 0.1) is 35.8 Å². The SMILES string of the molecule is C=CCCOC(=O)[C@@H]1[C@@H]2CC(C)C3(S2)C(C(=O)N(CC=C)C(C)(C)CC(C)(C)C)N([C@@H](CC)CO)C(=O)[C@H]13. The van der Waals surface area contributed by atoms with Crippen molar-refractivity contribution in [3.63, 3.8) is 0 Å². The lowest BCUT2D eigenvalue weighted by molar-refractivity contribution is -0.155. The maximum atomic E-state index is 14.8. The molecule has 0 radical (unpaired) electrons. The second-order valence-corrected chi connectivity index (χ2v) is 14.6. The quantitative estimate of drug-likeness (QED) is 0.220. The van der Waals surface area contributed by atoms with Crippen molar-refractivity contribution in [2.45, 2.75) is 102 Å². The molecule has 3 saturated heterocycles. The average Bonchev–Trinajstić information content (AvgIpc) is 3.40. The zero-order chi connectivity index (χ0) is 28.6. The van der Waals surface area contributed by atoms with Gasteiger partial charge in [0.25, 0.3) is 0 Å². The lowest BCUT2D eigenvalue weighted by atomic mass is 9.66. The number of carbonyl (C=O) groups is 3. The molecule has 2 bridgehead atoms. The van der Waals surface area contributed by atoms with Crippen LogP contribution in [0, 0.1) is 23.2 Å². The molecule has 0 saturated carbocycles. The van der Waals surface area contributed by atoms with Crippen LogP contribution in [0.2, 0.25) is 0 Å². The molecule has 3 aliphatic heterocycles. The third kappa shape index (κ3) is 5.19. The van der Waals surface area contributed by atoms with Gasteiger partial charge in [0, 0.05) is 17.3 Å². The molecule has 0 aliphatic carbocycles. The molecule has 3 rings (SSSR count). The molecule has 2 amide bonds. The molecule has 3 fully saturated rings. The van der Waals surface area contributed by atoms with Gasteiger partial charge in [-0.1, -0.05) is 46.8 Å². The highest BCUT2D eigenvalue weighted by Gasteiger charge is 2.77. The number of rotatable bonds is 12. The van der Waals surface area contributed by atoms with E-state index in [1.54, 1.807) is 28.8 Å². The Bertz CT molecular complexity index is 939. The first-order valence-electron chi connectivity index (χ1n) is 14.0. The number of nitrogens with zero attached hydrogens (tertiary/aromatic N) is 2. The highest BCUT2D eigenvalue weighted by molar-refractivity contribution is 8.02. The second kappa shape index (κ2) is 11.4. The van der Waals surface area contributed by atoms with Crippen LogP contribution in [0.3, 0.4) is 0 Å². The molecule has 1 spiro atoms. The van der Waals surface area contributed by atoms with Crippen molar-refractivity contribution < 1.29 is 24.2 Å². The molecular formula is C30H48N2O5S. The van der Waals surface area contributed by atoms with E-state index in [0.29, 0.717) is 19.4 Å². The van der Waals surface area contributed by atoms with E-state index in [1.165, 1.54) is 0 Å². The monoisotopic (exact) mass is 548 g/mol. The van der Waals surface area contributed by atoms with Gasteiger partial charge in [0.2, 0.25) is 11.8 Å². The molecule has 0 aromatic heterocycles. The summed E-state index contributed by atoms with van der Waals surface area (Å²) in [6.45, 7) is 22.6. The molecular weight excluding hydrogens is 500 g/mol. The third-order valence-corrected chi connectivity index (χ3v) is 10.7. The number of thioether (sulfide) groups is 1. The summed E-state index contributed by atoms with van der Waals surface area (Å²) >= 11 is 1.64. The summed E-state index contributed by atoms with van der Waals surface area (Å²) in [5.74, 6) is -1.89. The summed E-state index contributed by atoms with van der Waals surface area (Å²) in [6, 6.07) is -1.27. The molecule has 8 heteroatoms. The van der Waals surface area contributed by atoms with Crippen molar-refractivity contribution in [3.8, 4) is 0 Å². The number of amides is 2. The predicted molar refractivity (Wildman–Crippen MR) is 153 cm³/mol. The Balaban J connectivity index is 2.12. The third-order valence-electron chi connectivity index (χ3n) is 8.60. The van der Waals surface area contributed by atoms with Crippen LogP contribution in [0.25, 0.3) is 0 Å². The fourth-order valence-electron chi connectivity index (χ4n) is 7.46. The lowest BCUT2D eigenvalue weighted by Crippen LogP contribution is -2.62. The van der Waals surface area contributed by atoms with E-state index >= 15 is 0 Å². The molecule has 3 unspecified atom stereocenters. The summed E-state index contributed by atoms with van der Waals surface area (Å²) in [6.07, 6.45) is 6.01. The Kier molecular flexibility index (Phi) is 9.19. The van der Waals surface area contributed by atoms with Crippen molar-refractivity contribution in [2.24, 2.45) is 23.2 Å². The number of fused-ring (bicyclic) bond motifs is 1. The topological polar surface area (TPSA) is 87.2 Å². The number of hydrogen-bond acceptors (Lipinski definition) is 6. The first-order chi connectivity index (χ1) is 17.7. The molecule has 0 aromatic carbocycles. The first-order valence-corrected chi connectivity index (χ1v) is 14.9. The zero-order valence-corrected chi connectivity index (χ0v) is 25.2. The van der Waals surface area contributed by atoms with Crippen LogP contribution in [0.5, 0.6) is 0 Å². The normalized spacial score (nSPS) is 31.2. The van der Waals surface area contributed by atoms with Gasteiger partial charge in [-0.15, -0.1) is 24.9 Å². The van der Waals surface area contributed by atoms with Crippen LogP contribution < -0.4 is 0 Å². The number of likely N-dealkylation sites (tertiary alicyclic amines) is 1. The highest BCUT2D eigenvalue weighted by Crippen LogP contribution is 2.69.